The Morgan fingerprint density at radius 3 is 2.09 bits per heavy atom. The van der Waals surface area contributed by atoms with Gasteiger partial charge in [0.15, 0.2) is 0 Å². The first kappa shape index (κ1) is 10.4. The van der Waals surface area contributed by atoms with Crippen LogP contribution in [0.1, 0.15) is 25.7 Å². The highest BCUT2D eigenvalue weighted by Gasteiger charge is 2.41. The van der Waals surface area contributed by atoms with Crippen LogP contribution in [0.5, 0.6) is 0 Å². The summed E-state index contributed by atoms with van der Waals surface area (Å²) in [5.74, 6) is -0.391. The highest BCUT2D eigenvalue weighted by molar-refractivity contribution is 14.1. The molecule has 0 heterocycles. The molecule has 11 heavy (non-hydrogen) atoms. The number of hydrogen-bond donors (Lipinski definition) is 0. The summed E-state index contributed by atoms with van der Waals surface area (Å²) in [6, 6.07) is 0. The van der Waals surface area contributed by atoms with Crippen molar-refractivity contribution in [2.75, 3.05) is 0 Å². The van der Waals surface area contributed by atoms with Gasteiger partial charge in [-0.2, -0.15) is 8.78 Å². The van der Waals surface area contributed by atoms with Crippen molar-refractivity contribution in [3.63, 3.8) is 0 Å². The Labute approximate surface area is 92.8 Å². The van der Waals surface area contributed by atoms with Gasteiger partial charge in [-0.1, -0.05) is 35.4 Å². The third kappa shape index (κ3) is 2.93. The molecule has 0 bridgehead atoms. The molecule has 2 atom stereocenters. The zero-order valence-corrected chi connectivity index (χ0v) is 10.3. The SMILES string of the molecule is FC(F)(I)[C@H]1CCCC[C@@H]1I. The first-order chi connectivity index (χ1) is 5.02. The largest absolute Gasteiger partial charge is 0.300 e. The highest BCUT2D eigenvalue weighted by atomic mass is 127. The third-order valence-corrected chi connectivity index (χ3v) is 4.39. The van der Waals surface area contributed by atoms with E-state index in [4.69, 9.17) is 0 Å². The lowest BCUT2D eigenvalue weighted by Gasteiger charge is -2.30. The van der Waals surface area contributed by atoms with Crippen molar-refractivity contribution in [1.29, 1.82) is 0 Å². The van der Waals surface area contributed by atoms with Crippen molar-refractivity contribution in [3.05, 3.63) is 0 Å². The van der Waals surface area contributed by atoms with Gasteiger partial charge >= 0.3 is 0 Å². The molecule has 0 aliphatic heterocycles. The second-order valence-electron chi connectivity index (χ2n) is 2.95. The Morgan fingerprint density at radius 1 is 1.18 bits per heavy atom. The standard InChI is InChI=1S/C7H10F2I2/c8-7(9,11)5-3-1-2-4-6(5)10/h5-6H,1-4H2/t5-,6-/m0/s1. The summed E-state index contributed by atoms with van der Waals surface area (Å²) in [6.45, 7) is 0. The fourth-order valence-electron chi connectivity index (χ4n) is 1.45. The first-order valence-electron chi connectivity index (χ1n) is 3.72. The molecule has 1 saturated carbocycles. The van der Waals surface area contributed by atoms with E-state index >= 15 is 0 Å². The lowest BCUT2D eigenvalue weighted by atomic mass is 9.90. The van der Waals surface area contributed by atoms with E-state index in [0.29, 0.717) is 6.42 Å². The molecule has 0 unspecified atom stereocenters. The van der Waals surface area contributed by atoms with Gasteiger partial charge in [0.05, 0.1) is 0 Å². The normalized spacial score (nSPS) is 33.8. The zero-order chi connectivity index (χ0) is 8.48. The topological polar surface area (TPSA) is 0 Å². The molecular formula is C7H10F2I2. The number of halogens is 4. The summed E-state index contributed by atoms with van der Waals surface area (Å²) in [5.41, 5.74) is 0. The van der Waals surface area contributed by atoms with Crippen molar-refractivity contribution in [3.8, 4) is 0 Å². The van der Waals surface area contributed by atoms with Crippen molar-refractivity contribution in [2.24, 2.45) is 5.92 Å². The summed E-state index contributed by atoms with van der Waals surface area (Å²) in [7, 11) is 0. The fourth-order valence-corrected chi connectivity index (χ4v) is 4.14. The lowest BCUT2D eigenvalue weighted by molar-refractivity contribution is 0.0441. The molecule has 0 saturated heterocycles. The minimum Gasteiger partial charge on any atom is -0.195 e. The lowest BCUT2D eigenvalue weighted by Crippen LogP contribution is -2.31. The smallest absolute Gasteiger partial charge is 0.195 e. The van der Waals surface area contributed by atoms with E-state index in [9.17, 15) is 8.78 Å². The van der Waals surface area contributed by atoms with Crippen LogP contribution in [0.3, 0.4) is 0 Å². The molecule has 1 rings (SSSR count). The van der Waals surface area contributed by atoms with Gasteiger partial charge in [-0.15, -0.1) is 0 Å². The fraction of sp³-hybridized carbons (Fsp3) is 1.00. The Morgan fingerprint density at radius 2 is 1.73 bits per heavy atom. The molecule has 0 nitrogen and oxygen atoms in total. The first-order valence-corrected chi connectivity index (χ1v) is 6.05. The average molecular weight is 386 g/mol. The van der Waals surface area contributed by atoms with Gasteiger partial charge in [0.25, 0.3) is 3.93 Å². The second-order valence-corrected chi connectivity index (χ2v) is 5.99. The van der Waals surface area contributed by atoms with Crippen LogP contribution in [0.2, 0.25) is 0 Å². The third-order valence-electron chi connectivity index (χ3n) is 2.10. The van der Waals surface area contributed by atoms with Crippen molar-refractivity contribution >= 4 is 45.2 Å². The van der Waals surface area contributed by atoms with E-state index in [-0.39, 0.29) is 3.92 Å². The monoisotopic (exact) mass is 386 g/mol. The number of hydrogen-bond acceptors (Lipinski definition) is 0. The Kier molecular flexibility index (Phi) is 3.80. The molecule has 1 aliphatic rings. The maximum atomic E-state index is 12.8. The van der Waals surface area contributed by atoms with Gasteiger partial charge in [0.2, 0.25) is 0 Å². The van der Waals surface area contributed by atoms with Gasteiger partial charge in [0, 0.05) is 9.84 Å². The van der Waals surface area contributed by atoms with Crippen LogP contribution < -0.4 is 0 Å². The summed E-state index contributed by atoms with van der Waals surface area (Å²) in [5, 5.41) is 0. The van der Waals surface area contributed by atoms with Crippen molar-refractivity contribution < 1.29 is 8.78 Å². The van der Waals surface area contributed by atoms with Gasteiger partial charge in [-0.25, -0.2) is 0 Å². The van der Waals surface area contributed by atoms with Gasteiger partial charge < -0.3 is 0 Å². The highest BCUT2D eigenvalue weighted by Crippen LogP contribution is 2.43. The average Bonchev–Trinajstić information content (AvgIpc) is 1.86. The number of rotatable bonds is 1. The predicted molar refractivity (Wildman–Crippen MR) is 58.7 cm³/mol. The van der Waals surface area contributed by atoms with Crippen LogP contribution in [0.15, 0.2) is 0 Å². The molecule has 0 aromatic carbocycles. The molecule has 1 aliphatic carbocycles. The Balaban J connectivity index is 2.55. The molecule has 4 heteroatoms. The summed E-state index contributed by atoms with van der Waals surface area (Å²) >= 11 is 3.43. The van der Waals surface area contributed by atoms with E-state index in [2.05, 4.69) is 22.6 Å². The summed E-state index contributed by atoms with van der Waals surface area (Å²) < 4.78 is 23.4. The molecular weight excluding hydrogens is 376 g/mol. The predicted octanol–water partition coefficient (Wildman–Crippen LogP) is 4.01. The molecule has 0 aromatic rings. The van der Waals surface area contributed by atoms with Gasteiger partial charge in [0.1, 0.15) is 0 Å². The van der Waals surface area contributed by atoms with Crippen LogP contribution in [0.4, 0.5) is 8.78 Å². The van der Waals surface area contributed by atoms with Gasteiger partial charge in [-0.3, -0.25) is 0 Å². The Hall–Kier alpha value is 1.32. The molecule has 0 N–H and O–H groups in total. The maximum Gasteiger partial charge on any atom is 0.300 e. The van der Waals surface area contributed by atoms with Crippen LogP contribution in [0.25, 0.3) is 0 Å². The molecule has 0 radical (unpaired) electrons. The van der Waals surface area contributed by atoms with E-state index in [0.717, 1.165) is 19.3 Å². The molecule has 66 valence electrons. The van der Waals surface area contributed by atoms with Crippen LogP contribution in [-0.4, -0.2) is 7.85 Å². The van der Waals surface area contributed by atoms with E-state index in [1.54, 1.807) is 0 Å². The number of alkyl halides is 4. The van der Waals surface area contributed by atoms with E-state index < -0.39 is 9.85 Å². The van der Waals surface area contributed by atoms with Crippen molar-refractivity contribution in [1.82, 2.24) is 0 Å². The minimum atomic E-state index is -2.50. The summed E-state index contributed by atoms with van der Waals surface area (Å²) in [6.07, 6.45) is 3.76. The van der Waals surface area contributed by atoms with E-state index in [1.807, 2.05) is 0 Å². The molecule has 0 amide bonds. The van der Waals surface area contributed by atoms with Crippen LogP contribution in [-0.2, 0) is 0 Å². The second kappa shape index (κ2) is 4.02. The molecule has 1 fully saturated rings. The zero-order valence-electron chi connectivity index (χ0n) is 5.99. The van der Waals surface area contributed by atoms with Crippen LogP contribution in [0, 0.1) is 5.92 Å². The summed E-state index contributed by atoms with van der Waals surface area (Å²) in [4.78, 5) is 0. The quantitative estimate of drug-likeness (QED) is 0.472. The Bertz CT molecular complexity index is 133. The molecule has 0 aromatic heterocycles. The molecule has 0 spiro atoms. The maximum absolute atomic E-state index is 12.8. The van der Waals surface area contributed by atoms with Crippen molar-refractivity contribution in [2.45, 2.75) is 33.5 Å². The minimum absolute atomic E-state index is 0.174. The van der Waals surface area contributed by atoms with Crippen LogP contribution >= 0.6 is 45.2 Å². The van der Waals surface area contributed by atoms with Gasteiger partial charge in [-0.05, 0) is 35.4 Å². The van der Waals surface area contributed by atoms with E-state index in [1.165, 1.54) is 22.6 Å².